The molecule has 1 aliphatic carbocycles. The first-order valence-electron chi connectivity index (χ1n) is 19.2. The van der Waals surface area contributed by atoms with Gasteiger partial charge in [-0.2, -0.15) is 13.2 Å². The Bertz CT molecular complexity index is 1290. The van der Waals surface area contributed by atoms with Crippen LogP contribution in [0.2, 0.25) is 0 Å². The van der Waals surface area contributed by atoms with Crippen LogP contribution in [0.15, 0.2) is 48.5 Å². The molecule has 1 aliphatic rings. The minimum Gasteiger partial charge on any atom is -0.494 e. The van der Waals surface area contributed by atoms with Gasteiger partial charge in [0.2, 0.25) is 0 Å². The molecule has 5 nitrogen and oxygen atoms in total. The first-order valence-corrected chi connectivity index (χ1v) is 19.2. The maximum absolute atomic E-state index is 13.5. The van der Waals surface area contributed by atoms with E-state index >= 15 is 0 Å². The van der Waals surface area contributed by atoms with Crippen LogP contribution in [0.3, 0.4) is 0 Å². The molecule has 0 heterocycles. The van der Waals surface area contributed by atoms with Crippen LogP contribution in [0.25, 0.3) is 6.08 Å². The number of ether oxygens (including phenoxy) is 3. The highest BCUT2D eigenvalue weighted by atomic mass is 19.4. The molecule has 50 heavy (non-hydrogen) atoms. The summed E-state index contributed by atoms with van der Waals surface area (Å²) in [7, 11) is 0. The van der Waals surface area contributed by atoms with E-state index in [4.69, 9.17) is 14.2 Å². The zero-order valence-electron chi connectivity index (χ0n) is 30.4. The van der Waals surface area contributed by atoms with E-state index in [0.29, 0.717) is 44.5 Å². The monoisotopic (exact) mass is 700 g/mol. The molecule has 0 N–H and O–H groups in total. The van der Waals surface area contributed by atoms with E-state index < -0.39 is 30.1 Å². The molecule has 0 bridgehead atoms. The quantitative estimate of drug-likeness (QED) is 0.0472. The lowest BCUT2D eigenvalue weighted by atomic mass is 9.84. The molecule has 8 heteroatoms. The summed E-state index contributed by atoms with van der Waals surface area (Å²) < 4.78 is 56.9. The Kier molecular flexibility index (Phi) is 19.1. The first kappa shape index (κ1) is 41.1. The summed E-state index contributed by atoms with van der Waals surface area (Å²) in [6.45, 7) is 4.94. The van der Waals surface area contributed by atoms with E-state index in [9.17, 15) is 22.8 Å². The summed E-state index contributed by atoms with van der Waals surface area (Å²) in [5, 5.41) is 0. The van der Waals surface area contributed by atoms with E-state index in [1.807, 2.05) is 31.2 Å². The Morgan fingerprint density at radius 3 is 1.96 bits per heavy atom. The van der Waals surface area contributed by atoms with Crippen molar-refractivity contribution in [3.63, 3.8) is 0 Å². The van der Waals surface area contributed by atoms with Gasteiger partial charge in [-0.05, 0) is 85.6 Å². The van der Waals surface area contributed by atoms with Crippen LogP contribution in [0.4, 0.5) is 13.2 Å². The maximum Gasteiger partial charge on any atom is 0.425 e. The van der Waals surface area contributed by atoms with Crippen molar-refractivity contribution in [3.05, 3.63) is 65.2 Å². The molecule has 2 aromatic rings. The van der Waals surface area contributed by atoms with Gasteiger partial charge in [-0.15, -0.1) is 0 Å². The number of aryl methyl sites for hydroxylation is 1. The largest absolute Gasteiger partial charge is 0.494 e. The number of carbonyl (C=O) groups excluding carboxylic acids is 2. The van der Waals surface area contributed by atoms with Gasteiger partial charge in [-0.1, -0.05) is 122 Å². The van der Waals surface area contributed by atoms with Gasteiger partial charge in [0.25, 0.3) is 0 Å². The summed E-state index contributed by atoms with van der Waals surface area (Å²) in [6, 6.07) is 12.8. The van der Waals surface area contributed by atoms with Crippen molar-refractivity contribution in [1.82, 2.24) is 0 Å². The third-order valence-electron chi connectivity index (χ3n) is 9.46. The number of halogens is 3. The average Bonchev–Trinajstić information content (AvgIpc) is 3.10. The van der Waals surface area contributed by atoms with Crippen molar-refractivity contribution >= 4 is 18.0 Å². The minimum atomic E-state index is -4.58. The minimum absolute atomic E-state index is 0.207. The Hall–Kier alpha value is -3.29. The highest BCUT2D eigenvalue weighted by molar-refractivity contribution is 5.88. The number of benzene rings is 2. The highest BCUT2D eigenvalue weighted by Crippen LogP contribution is 2.32. The molecule has 0 saturated heterocycles. The Balaban J connectivity index is 1.34. The average molecular weight is 701 g/mol. The fraction of sp³-hybridized carbons (Fsp3) is 0.619. The summed E-state index contributed by atoms with van der Waals surface area (Å²) in [6.07, 6.45) is 15.9. The van der Waals surface area contributed by atoms with Crippen molar-refractivity contribution in [1.29, 1.82) is 0 Å². The number of esters is 2. The number of alkyl halides is 3. The zero-order chi connectivity index (χ0) is 36.0. The Labute approximate surface area is 298 Å². The van der Waals surface area contributed by atoms with Crippen LogP contribution >= 0.6 is 0 Å². The molecule has 0 fully saturated rings. The lowest BCUT2D eigenvalue weighted by molar-refractivity contribution is -0.225. The van der Waals surface area contributed by atoms with Crippen LogP contribution in [0, 0.1) is 5.92 Å². The topological polar surface area (TPSA) is 61.8 Å². The van der Waals surface area contributed by atoms with Crippen LogP contribution < -0.4 is 9.47 Å². The Morgan fingerprint density at radius 1 is 0.760 bits per heavy atom. The van der Waals surface area contributed by atoms with Gasteiger partial charge in [-0.3, -0.25) is 4.79 Å². The number of rotatable bonds is 24. The molecule has 1 unspecified atom stereocenters. The molecular weight excluding hydrogens is 641 g/mol. The normalized spacial score (nSPS) is 15.1. The standard InChI is InChI=1S/C42H59F3O5/c1-3-5-7-9-10-11-12-13-14-15-16-18-30-48-37-26-20-33(21-27-37)22-29-40(46)49-38-28-25-34-31-36(24-23-35(34)32-38)41(47)50-39(42(43,44)45)19-17-8-6-4-2/h20-22,25-29,32,36,39H,3-19,23-24,30-31H2,1-2H3/t36?,39-/m1/s1. The zero-order valence-corrected chi connectivity index (χ0v) is 30.4. The summed E-state index contributed by atoms with van der Waals surface area (Å²) in [5.74, 6) is -0.768. The molecule has 0 radical (unpaired) electrons. The SMILES string of the molecule is CCCCCCCCCCCCCCOc1ccc(C=CC(=O)Oc2ccc3c(c2)CCC(C(=O)O[C@H](CCCCCC)C(F)(F)F)C3)cc1. The predicted molar refractivity (Wildman–Crippen MR) is 194 cm³/mol. The molecule has 0 aromatic heterocycles. The highest BCUT2D eigenvalue weighted by Gasteiger charge is 2.43. The predicted octanol–water partition coefficient (Wildman–Crippen LogP) is 11.9. The molecule has 0 saturated carbocycles. The fourth-order valence-corrected chi connectivity index (χ4v) is 6.40. The van der Waals surface area contributed by atoms with Crippen molar-refractivity contribution in [2.24, 2.45) is 5.92 Å². The van der Waals surface area contributed by atoms with Gasteiger partial charge in [-0.25, -0.2) is 4.79 Å². The van der Waals surface area contributed by atoms with Crippen LogP contribution in [-0.4, -0.2) is 30.8 Å². The molecule has 278 valence electrons. The van der Waals surface area contributed by atoms with Gasteiger partial charge in [0.1, 0.15) is 11.5 Å². The van der Waals surface area contributed by atoms with Crippen LogP contribution in [0.5, 0.6) is 11.5 Å². The van der Waals surface area contributed by atoms with E-state index in [1.165, 1.54) is 76.7 Å². The summed E-state index contributed by atoms with van der Waals surface area (Å²) in [4.78, 5) is 25.2. The number of hydrogen-bond donors (Lipinski definition) is 0. The van der Waals surface area contributed by atoms with Crippen molar-refractivity contribution in [3.8, 4) is 11.5 Å². The van der Waals surface area contributed by atoms with Gasteiger partial charge in [0.15, 0.2) is 6.10 Å². The molecule has 3 rings (SSSR count). The summed E-state index contributed by atoms with van der Waals surface area (Å²) >= 11 is 0. The van der Waals surface area contributed by atoms with Crippen molar-refractivity contribution < 1.29 is 37.0 Å². The van der Waals surface area contributed by atoms with Crippen molar-refractivity contribution in [2.45, 2.75) is 155 Å². The second-order valence-corrected chi connectivity index (χ2v) is 13.7. The van der Waals surface area contributed by atoms with Gasteiger partial charge in [0.05, 0.1) is 12.5 Å². The van der Waals surface area contributed by atoms with Crippen molar-refractivity contribution in [2.75, 3.05) is 6.61 Å². The van der Waals surface area contributed by atoms with Gasteiger partial charge >= 0.3 is 18.1 Å². The first-order chi connectivity index (χ1) is 24.2. The molecule has 2 aromatic carbocycles. The third kappa shape index (κ3) is 16.2. The van der Waals surface area contributed by atoms with Gasteiger partial charge < -0.3 is 14.2 Å². The third-order valence-corrected chi connectivity index (χ3v) is 9.46. The second kappa shape index (κ2) is 23.2. The van der Waals surface area contributed by atoms with E-state index in [1.54, 1.807) is 24.3 Å². The summed E-state index contributed by atoms with van der Waals surface area (Å²) in [5.41, 5.74) is 2.60. The van der Waals surface area contributed by atoms with Crippen LogP contribution in [-0.2, 0) is 27.2 Å². The molecule has 2 atom stereocenters. The molecular formula is C42H59F3O5. The molecule has 0 amide bonds. The lowest BCUT2D eigenvalue weighted by Crippen LogP contribution is -2.37. The number of unbranched alkanes of at least 4 members (excludes halogenated alkanes) is 14. The van der Waals surface area contributed by atoms with E-state index in [0.717, 1.165) is 41.7 Å². The molecule has 0 spiro atoms. The lowest BCUT2D eigenvalue weighted by Gasteiger charge is -2.27. The smallest absolute Gasteiger partial charge is 0.425 e. The number of carbonyl (C=O) groups is 2. The van der Waals surface area contributed by atoms with E-state index in [-0.39, 0.29) is 6.42 Å². The number of fused-ring (bicyclic) bond motifs is 1. The van der Waals surface area contributed by atoms with E-state index in [2.05, 4.69) is 6.92 Å². The Morgan fingerprint density at radius 2 is 1.34 bits per heavy atom. The van der Waals surface area contributed by atoms with Crippen LogP contribution in [0.1, 0.15) is 146 Å². The maximum atomic E-state index is 13.5. The molecule has 0 aliphatic heterocycles. The second-order valence-electron chi connectivity index (χ2n) is 13.7. The number of hydrogen-bond acceptors (Lipinski definition) is 5. The van der Waals surface area contributed by atoms with Gasteiger partial charge in [0, 0.05) is 6.08 Å². The fourth-order valence-electron chi connectivity index (χ4n) is 6.40.